The van der Waals surface area contributed by atoms with Crippen molar-refractivity contribution in [3.63, 3.8) is 0 Å². The fraction of sp³-hybridized carbons (Fsp3) is 0.263. The van der Waals surface area contributed by atoms with E-state index in [1.54, 1.807) is 37.4 Å². The summed E-state index contributed by atoms with van der Waals surface area (Å²) in [5.41, 5.74) is 0.814. The number of nitro groups is 1. The number of benzene rings is 2. The van der Waals surface area contributed by atoms with E-state index in [4.69, 9.17) is 28.6 Å². The van der Waals surface area contributed by atoms with Gasteiger partial charge in [0.25, 0.3) is 11.6 Å². The maximum absolute atomic E-state index is 12.5. The molecule has 0 aromatic heterocycles. The summed E-state index contributed by atoms with van der Waals surface area (Å²) in [6, 6.07) is 9.63. The molecule has 1 aliphatic rings. The Morgan fingerprint density at radius 3 is 2.57 bits per heavy atom. The molecule has 158 valence electrons. The number of nitrogens with zero attached hydrogens (tertiary/aromatic N) is 3. The average Bonchev–Trinajstić information content (AvgIpc) is 2.73. The van der Waals surface area contributed by atoms with E-state index in [9.17, 15) is 14.9 Å². The van der Waals surface area contributed by atoms with Gasteiger partial charge in [-0.1, -0.05) is 17.7 Å². The van der Waals surface area contributed by atoms with Gasteiger partial charge in [0.1, 0.15) is 11.4 Å². The van der Waals surface area contributed by atoms with Crippen LogP contribution in [0.4, 0.5) is 11.4 Å². The average molecular weight is 514 g/mol. The first-order valence-electron chi connectivity index (χ1n) is 8.93. The van der Waals surface area contributed by atoms with E-state index in [0.29, 0.717) is 57.8 Å². The van der Waals surface area contributed by atoms with E-state index in [2.05, 4.69) is 21.2 Å². The molecule has 0 unspecified atom stereocenters. The minimum atomic E-state index is -0.439. The van der Waals surface area contributed by atoms with Gasteiger partial charge in [-0.2, -0.15) is 0 Å². The van der Waals surface area contributed by atoms with Crippen molar-refractivity contribution in [2.75, 3.05) is 38.2 Å². The number of nitrogens with one attached hydrogen (secondary N) is 1. The van der Waals surface area contributed by atoms with Gasteiger partial charge in [0.05, 0.1) is 21.5 Å². The van der Waals surface area contributed by atoms with Crippen molar-refractivity contribution < 1.29 is 14.5 Å². The van der Waals surface area contributed by atoms with Crippen LogP contribution in [-0.2, 0) is 0 Å². The number of para-hydroxylation sites is 1. The molecule has 0 saturated carbocycles. The zero-order valence-corrected chi connectivity index (χ0v) is 19.1. The number of anilines is 1. The number of halogens is 2. The summed E-state index contributed by atoms with van der Waals surface area (Å²) in [4.78, 5) is 27.1. The maximum Gasteiger partial charge on any atom is 0.294 e. The smallest absolute Gasteiger partial charge is 0.294 e. The van der Waals surface area contributed by atoms with Crippen LogP contribution in [0.1, 0.15) is 10.4 Å². The number of rotatable bonds is 4. The van der Waals surface area contributed by atoms with Crippen LogP contribution in [0.25, 0.3) is 0 Å². The fourth-order valence-corrected chi connectivity index (χ4v) is 4.26. The first-order valence-corrected chi connectivity index (χ1v) is 10.5. The van der Waals surface area contributed by atoms with Crippen molar-refractivity contribution in [1.29, 1.82) is 0 Å². The van der Waals surface area contributed by atoms with E-state index >= 15 is 0 Å². The van der Waals surface area contributed by atoms with Gasteiger partial charge in [0.2, 0.25) is 0 Å². The number of thiocarbonyl (C=S) groups is 1. The second-order valence-electron chi connectivity index (χ2n) is 6.45. The highest BCUT2D eigenvalue weighted by molar-refractivity contribution is 9.10. The third-order valence-electron chi connectivity index (χ3n) is 4.68. The summed E-state index contributed by atoms with van der Waals surface area (Å²) >= 11 is 15.0. The van der Waals surface area contributed by atoms with E-state index < -0.39 is 4.92 Å². The molecule has 0 spiro atoms. The van der Waals surface area contributed by atoms with Gasteiger partial charge in [0, 0.05) is 37.8 Å². The molecule has 2 aromatic carbocycles. The molecule has 1 saturated heterocycles. The predicted octanol–water partition coefficient (Wildman–Crippen LogP) is 3.86. The molecule has 30 heavy (non-hydrogen) atoms. The minimum absolute atomic E-state index is 0.0306. The standard InChI is InChI=1S/C19H18BrClN4O4S/c1-29-16-6-5-12(11-13(16)20)18(26)22-19(30)24-9-7-23(8-10-24)17-14(21)3-2-4-15(17)25(27)28/h2-6,11H,7-10H2,1H3,(H,22,26,30). The number of carbonyl (C=O) groups is 1. The summed E-state index contributed by atoms with van der Waals surface area (Å²) in [5.74, 6) is 0.298. The van der Waals surface area contributed by atoms with Crippen LogP contribution in [0.3, 0.4) is 0 Å². The van der Waals surface area contributed by atoms with Crippen LogP contribution in [0, 0.1) is 10.1 Å². The first kappa shape index (κ1) is 22.3. The molecule has 0 radical (unpaired) electrons. The highest BCUT2D eigenvalue weighted by atomic mass is 79.9. The van der Waals surface area contributed by atoms with Crippen molar-refractivity contribution in [3.05, 3.63) is 61.6 Å². The topological polar surface area (TPSA) is 88.0 Å². The van der Waals surface area contributed by atoms with Crippen molar-refractivity contribution >= 4 is 62.1 Å². The third-order valence-corrected chi connectivity index (χ3v) is 5.96. The first-order chi connectivity index (χ1) is 14.3. The van der Waals surface area contributed by atoms with Crippen LogP contribution in [0.5, 0.6) is 5.75 Å². The van der Waals surface area contributed by atoms with Crippen LogP contribution in [-0.4, -0.2) is 54.1 Å². The van der Waals surface area contributed by atoms with Gasteiger partial charge in [-0.25, -0.2) is 0 Å². The number of carbonyl (C=O) groups excluding carboxylic acids is 1. The predicted molar refractivity (Wildman–Crippen MR) is 123 cm³/mol. The molecule has 0 bridgehead atoms. The Bertz CT molecular complexity index is 998. The van der Waals surface area contributed by atoms with Gasteiger partial charge in [0.15, 0.2) is 5.11 Å². The minimum Gasteiger partial charge on any atom is -0.496 e. The number of hydrogen-bond acceptors (Lipinski definition) is 6. The highest BCUT2D eigenvalue weighted by Gasteiger charge is 2.27. The Hall–Kier alpha value is -2.43. The zero-order valence-electron chi connectivity index (χ0n) is 15.9. The molecule has 0 aliphatic carbocycles. The van der Waals surface area contributed by atoms with Crippen molar-refractivity contribution in [3.8, 4) is 5.75 Å². The lowest BCUT2D eigenvalue weighted by Gasteiger charge is -2.37. The van der Waals surface area contributed by atoms with E-state index in [1.807, 2.05) is 9.80 Å². The quantitative estimate of drug-likeness (QED) is 0.377. The second-order valence-corrected chi connectivity index (χ2v) is 8.10. The molecule has 8 nitrogen and oxygen atoms in total. The van der Waals surface area contributed by atoms with Crippen LogP contribution in [0.15, 0.2) is 40.9 Å². The highest BCUT2D eigenvalue weighted by Crippen LogP contribution is 2.35. The Morgan fingerprint density at radius 2 is 1.97 bits per heavy atom. The molecule has 2 aromatic rings. The monoisotopic (exact) mass is 512 g/mol. The summed E-state index contributed by atoms with van der Waals surface area (Å²) in [6.07, 6.45) is 0. The van der Waals surface area contributed by atoms with Crippen LogP contribution in [0.2, 0.25) is 5.02 Å². The van der Waals surface area contributed by atoms with Gasteiger partial charge in [-0.15, -0.1) is 0 Å². The lowest BCUT2D eigenvalue weighted by molar-refractivity contribution is -0.384. The maximum atomic E-state index is 12.5. The lowest BCUT2D eigenvalue weighted by Crippen LogP contribution is -2.52. The molecule has 1 fully saturated rings. The van der Waals surface area contributed by atoms with Gasteiger partial charge >= 0.3 is 0 Å². The van der Waals surface area contributed by atoms with Crippen molar-refractivity contribution in [2.24, 2.45) is 0 Å². The summed E-state index contributed by atoms with van der Waals surface area (Å²) < 4.78 is 5.83. The Kier molecular flexibility index (Phi) is 7.11. The van der Waals surface area contributed by atoms with Crippen LogP contribution < -0.4 is 15.0 Å². The largest absolute Gasteiger partial charge is 0.496 e. The number of piperazine rings is 1. The number of methoxy groups -OCH3 is 1. The van der Waals surface area contributed by atoms with E-state index in [-0.39, 0.29) is 11.6 Å². The number of nitro benzene ring substituents is 1. The van der Waals surface area contributed by atoms with Crippen molar-refractivity contribution in [2.45, 2.75) is 0 Å². The summed E-state index contributed by atoms with van der Waals surface area (Å²) in [7, 11) is 1.55. The Morgan fingerprint density at radius 1 is 1.27 bits per heavy atom. The normalized spacial score (nSPS) is 13.7. The van der Waals surface area contributed by atoms with E-state index in [1.165, 1.54) is 6.07 Å². The van der Waals surface area contributed by atoms with Gasteiger partial charge in [-0.3, -0.25) is 20.2 Å². The molecule has 1 aliphatic heterocycles. The molecular weight excluding hydrogens is 496 g/mol. The van der Waals surface area contributed by atoms with Crippen LogP contribution >= 0.6 is 39.7 Å². The van der Waals surface area contributed by atoms with Gasteiger partial charge in [-0.05, 0) is 52.4 Å². The molecule has 11 heteroatoms. The van der Waals surface area contributed by atoms with Crippen molar-refractivity contribution in [1.82, 2.24) is 10.2 Å². The number of ether oxygens (including phenoxy) is 1. The lowest BCUT2D eigenvalue weighted by atomic mass is 10.2. The molecule has 1 N–H and O–H groups in total. The summed E-state index contributed by atoms with van der Waals surface area (Å²) in [6.45, 7) is 1.95. The number of amides is 1. The van der Waals surface area contributed by atoms with Gasteiger partial charge < -0.3 is 14.5 Å². The number of hydrogen-bond donors (Lipinski definition) is 1. The zero-order chi connectivity index (χ0) is 21.8. The summed E-state index contributed by atoms with van der Waals surface area (Å²) in [5, 5.41) is 14.7. The molecule has 0 atom stereocenters. The van der Waals surface area contributed by atoms with E-state index in [0.717, 1.165) is 0 Å². The third kappa shape index (κ3) is 4.82. The second kappa shape index (κ2) is 9.59. The molecule has 1 heterocycles. The Balaban J connectivity index is 1.63. The molecule has 3 rings (SSSR count). The molecule has 1 amide bonds. The molecular formula is C19H18BrClN4O4S. The Labute approximate surface area is 192 Å². The SMILES string of the molecule is COc1ccc(C(=O)NC(=S)N2CCN(c3c(Cl)cccc3[N+](=O)[O-])CC2)cc1Br. The fourth-order valence-electron chi connectivity index (χ4n) is 3.15.